The zero-order chi connectivity index (χ0) is 21.2. The lowest BCUT2D eigenvalue weighted by molar-refractivity contribution is -0.136. The number of hydrogen-bond acceptors (Lipinski definition) is 4. The van der Waals surface area contributed by atoms with Gasteiger partial charge in [0, 0.05) is 18.6 Å². The topological polar surface area (TPSA) is 57.7 Å². The van der Waals surface area contributed by atoms with E-state index in [0.717, 1.165) is 25.7 Å². The van der Waals surface area contributed by atoms with E-state index in [2.05, 4.69) is 45.0 Å². The Morgan fingerprint density at radius 3 is 2.17 bits per heavy atom. The van der Waals surface area contributed by atoms with Crippen LogP contribution in [0.5, 0.6) is 0 Å². The van der Waals surface area contributed by atoms with Crippen molar-refractivity contribution in [3.63, 3.8) is 0 Å². The predicted octanol–water partition coefficient (Wildman–Crippen LogP) is 3.37. The Labute approximate surface area is 176 Å². The molecule has 1 saturated heterocycles. The van der Waals surface area contributed by atoms with Crippen LogP contribution in [0.25, 0.3) is 0 Å². The minimum atomic E-state index is -3.00. The molecule has 0 bridgehead atoms. The standard InChI is InChI=1S/C23H36N2O3S/c1-23(2,3)19-11-9-18(10-12-19)15-24(4)16-22(26)25(20-7-5-6-8-20)21-13-14-29(27,28)17-21/h9-12,20-21H,5-8,13-17H2,1-4H3. The number of rotatable bonds is 6. The summed E-state index contributed by atoms with van der Waals surface area (Å²) in [7, 11) is -1.04. The lowest BCUT2D eigenvalue weighted by Gasteiger charge is -2.35. The van der Waals surface area contributed by atoms with Crippen molar-refractivity contribution in [3.05, 3.63) is 35.4 Å². The van der Waals surface area contributed by atoms with Crippen LogP contribution in [-0.4, -0.2) is 61.3 Å². The fraction of sp³-hybridized carbons (Fsp3) is 0.696. The molecule has 2 aliphatic rings. The average Bonchev–Trinajstić information content (AvgIpc) is 3.25. The van der Waals surface area contributed by atoms with Crippen LogP contribution in [0.15, 0.2) is 24.3 Å². The third-order valence-corrected chi connectivity index (χ3v) is 8.04. The van der Waals surface area contributed by atoms with Gasteiger partial charge in [0.15, 0.2) is 9.84 Å². The monoisotopic (exact) mass is 420 g/mol. The van der Waals surface area contributed by atoms with E-state index in [-0.39, 0.29) is 34.9 Å². The second-order valence-electron chi connectivity index (χ2n) is 9.92. The number of carbonyl (C=O) groups excluding carboxylic acids is 1. The molecule has 1 aliphatic carbocycles. The van der Waals surface area contributed by atoms with Gasteiger partial charge in [0.2, 0.25) is 5.91 Å². The van der Waals surface area contributed by atoms with Gasteiger partial charge in [-0.1, -0.05) is 57.9 Å². The molecule has 6 heteroatoms. The highest BCUT2D eigenvalue weighted by molar-refractivity contribution is 7.91. The molecule has 1 saturated carbocycles. The molecule has 0 spiro atoms. The third-order valence-electron chi connectivity index (χ3n) is 6.29. The molecule has 0 N–H and O–H groups in total. The molecular formula is C23H36N2O3S. The fourth-order valence-electron chi connectivity index (χ4n) is 4.67. The van der Waals surface area contributed by atoms with Gasteiger partial charge in [0.25, 0.3) is 0 Å². The molecule has 1 aliphatic heterocycles. The van der Waals surface area contributed by atoms with Crippen molar-refractivity contribution < 1.29 is 13.2 Å². The van der Waals surface area contributed by atoms with E-state index in [0.29, 0.717) is 19.5 Å². The summed E-state index contributed by atoms with van der Waals surface area (Å²) in [4.78, 5) is 17.2. The third kappa shape index (κ3) is 5.82. The van der Waals surface area contributed by atoms with Gasteiger partial charge in [-0.25, -0.2) is 8.42 Å². The van der Waals surface area contributed by atoms with Gasteiger partial charge in [-0.2, -0.15) is 0 Å². The highest BCUT2D eigenvalue weighted by Crippen LogP contribution is 2.29. The number of likely N-dealkylation sites (N-methyl/N-ethyl adjacent to an activating group) is 1. The van der Waals surface area contributed by atoms with Crippen LogP contribution >= 0.6 is 0 Å². The van der Waals surface area contributed by atoms with E-state index in [4.69, 9.17) is 0 Å². The smallest absolute Gasteiger partial charge is 0.237 e. The van der Waals surface area contributed by atoms with Crippen LogP contribution in [0.1, 0.15) is 64.0 Å². The number of carbonyl (C=O) groups is 1. The van der Waals surface area contributed by atoms with E-state index in [1.807, 2.05) is 16.8 Å². The average molecular weight is 421 g/mol. The van der Waals surface area contributed by atoms with Crippen LogP contribution in [0.4, 0.5) is 0 Å². The zero-order valence-corrected chi connectivity index (χ0v) is 19.2. The molecule has 1 unspecified atom stereocenters. The lowest BCUT2D eigenvalue weighted by atomic mass is 9.87. The first-order valence-electron chi connectivity index (χ1n) is 10.8. The molecule has 1 atom stereocenters. The maximum absolute atomic E-state index is 13.2. The van der Waals surface area contributed by atoms with Gasteiger partial charge in [-0.3, -0.25) is 9.69 Å². The summed E-state index contributed by atoms with van der Waals surface area (Å²) in [6.07, 6.45) is 4.84. The van der Waals surface area contributed by atoms with Crippen molar-refractivity contribution in [2.45, 2.75) is 76.9 Å². The Hall–Kier alpha value is -1.40. The highest BCUT2D eigenvalue weighted by Gasteiger charge is 2.39. The van der Waals surface area contributed by atoms with E-state index in [9.17, 15) is 13.2 Å². The van der Waals surface area contributed by atoms with E-state index < -0.39 is 9.84 Å². The van der Waals surface area contributed by atoms with Gasteiger partial charge >= 0.3 is 0 Å². The van der Waals surface area contributed by atoms with Gasteiger partial charge in [0.1, 0.15) is 0 Å². The largest absolute Gasteiger partial charge is 0.335 e. The summed E-state index contributed by atoms with van der Waals surface area (Å²) in [5.74, 6) is 0.421. The molecule has 5 nitrogen and oxygen atoms in total. The molecule has 29 heavy (non-hydrogen) atoms. The van der Waals surface area contributed by atoms with E-state index >= 15 is 0 Å². The van der Waals surface area contributed by atoms with Crippen LogP contribution in [0.2, 0.25) is 0 Å². The fourth-order valence-corrected chi connectivity index (χ4v) is 6.38. The zero-order valence-electron chi connectivity index (χ0n) is 18.4. The molecule has 1 amide bonds. The SMILES string of the molecule is CN(CC(=O)N(C1CCCC1)C1CCS(=O)(=O)C1)Cc1ccc(C(C)(C)C)cc1. The molecule has 1 aromatic rings. The number of nitrogens with zero attached hydrogens (tertiary/aromatic N) is 2. The first-order chi connectivity index (χ1) is 13.5. The Balaban J connectivity index is 1.64. The van der Waals surface area contributed by atoms with Gasteiger partial charge in [-0.05, 0) is 42.9 Å². The van der Waals surface area contributed by atoms with Gasteiger partial charge in [-0.15, -0.1) is 0 Å². The molecule has 1 aromatic carbocycles. The number of amides is 1. The quantitative estimate of drug-likeness (QED) is 0.708. The number of hydrogen-bond donors (Lipinski definition) is 0. The van der Waals surface area contributed by atoms with Crippen LogP contribution in [0, 0.1) is 0 Å². The first-order valence-corrected chi connectivity index (χ1v) is 12.7. The van der Waals surface area contributed by atoms with E-state index in [1.165, 1.54) is 11.1 Å². The van der Waals surface area contributed by atoms with E-state index in [1.54, 1.807) is 0 Å². The summed E-state index contributed by atoms with van der Waals surface area (Å²) < 4.78 is 24.0. The van der Waals surface area contributed by atoms with Crippen molar-refractivity contribution in [3.8, 4) is 0 Å². The molecule has 1 heterocycles. The molecule has 2 fully saturated rings. The molecule has 3 rings (SSSR count). The normalized spacial score (nSPS) is 22.3. The molecule has 0 radical (unpaired) electrons. The summed E-state index contributed by atoms with van der Waals surface area (Å²) in [6.45, 7) is 7.64. The molecular weight excluding hydrogens is 384 g/mol. The summed E-state index contributed by atoms with van der Waals surface area (Å²) in [5.41, 5.74) is 2.61. The maximum atomic E-state index is 13.2. The number of benzene rings is 1. The van der Waals surface area contributed by atoms with Crippen molar-refractivity contribution in [2.75, 3.05) is 25.1 Å². The molecule has 0 aromatic heterocycles. The summed E-state index contributed by atoms with van der Waals surface area (Å²) >= 11 is 0. The maximum Gasteiger partial charge on any atom is 0.237 e. The lowest BCUT2D eigenvalue weighted by Crippen LogP contribution is -2.50. The number of sulfone groups is 1. The predicted molar refractivity (Wildman–Crippen MR) is 118 cm³/mol. The van der Waals surface area contributed by atoms with Crippen molar-refractivity contribution in [1.82, 2.24) is 9.80 Å². The summed E-state index contributed by atoms with van der Waals surface area (Å²) in [6, 6.07) is 8.67. The minimum absolute atomic E-state index is 0.0767. The highest BCUT2D eigenvalue weighted by atomic mass is 32.2. The Morgan fingerprint density at radius 2 is 1.66 bits per heavy atom. The van der Waals surface area contributed by atoms with Crippen LogP contribution < -0.4 is 0 Å². The van der Waals surface area contributed by atoms with Gasteiger partial charge in [0.05, 0.1) is 18.1 Å². The van der Waals surface area contributed by atoms with Crippen molar-refractivity contribution in [1.29, 1.82) is 0 Å². The minimum Gasteiger partial charge on any atom is -0.335 e. The van der Waals surface area contributed by atoms with Crippen LogP contribution in [-0.2, 0) is 26.6 Å². The first kappa shape index (κ1) is 22.3. The Kier molecular flexibility index (Phi) is 6.74. The van der Waals surface area contributed by atoms with Gasteiger partial charge < -0.3 is 4.90 Å². The molecule has 162 valence electrons. The van der Waals surface area contributed by atoms with Crippen molar-refractivity contribution in [2.24, 2.45) is 0 Å². The summed E-state index contributed by atoms with van der Waals surface area (Å²) in [5, 5.41) is 0. The van der Waals surface area contributed by atoms with Crippen LogP contribution in [0.3, 0.4) is 0 Å². The second-order valence-corrected chi connectivity index (χ2v) is 12.1. The Bertz CT molecular complexity index is 806. The second kappa shape index (κ2) is 8.76. The van der Waals surface area contributed by atoms with Crippen molar-refractivity contribution >= 4 is 15.7 Å². The Morgan fingerprint density at radius 1 is 1.03 bits per heavy atom.